The second-order valence-electron chi connectivity index (χ2n) is 7.42. The quantitative estimate of drug-likeness (QED) is 0.669. The summed E-state index contributed by atoms with van der Waals surface area (Å²) in [6.45, 7) is 0.191. The summed E-state index contributed by atoms with van der Waals surface area (Å²) in [7, 11) is 0. The van der Waals surface area contributed by atoms with Gasteiger partial charge in [0.1, 0.15) is 13.2 Å². The van der Waals surface area contributed by atoms with Gasteiger partial charge in [0.05, 0.1) is 0 Å². The van der Waals surface area contributed by atoms with Gasteiger partial charge in [-0.05, 0) is 34.6 Å². The van der Waals surface area contributed by atoms with E-state index < -0.39 is 12.1 Å². The Kier molecular flexibility index (Phi) is 5.20. The Labute approximate surface area is 168 Å². The van der Waals surface area contributed by atoms with E-state index in [9.17, 15) is 14.4 Å². The van der Waals surface area contributed by atoms with E-state index in [4.69, 9.17) is 9.84 Å². The lowest BCUT2D eigenvalue weighted by molar-refractivity contribution is -0.138. The van der Waals surface area contributed by atoms with Crippen molar-refractivity contribution in [3.63, 3.8) is 0 Å². The number of carbonyl (C=O) groups excluding carboxylic acids is 2. The Morgan fingerprint density at radius 1 is 0.966 bits per heavy atom. The average Bonchev–Trinajstić information content (AvgIpc) is 3.44. The Morgan fingerprint density at radius 2 is 1.59 bits per heavy atom. The Balaban J connectivity index is 1.27. The fourth-order valence-electron chi connectivity index (χ4n) is 3.95. The first kappa shape index (κ1) is 19.0. The van der Waals surface area contributed by atoms with Crippen molar-refractivity contribution in [3.8, 4) is 11.1 Å². The van der Waals surface area contributed by atoms with Crippen molar-refractivity contribution in [2.45, 2.75) is 12.3 Å². The van der Waals surface area contributed by atoms with Crippen LogP contribution in [0.1, 0.15) is 23.5 Å². The van der Waals surface area contributed by atoms with Crippen LogP contribution in [0.4, 0.5) is 4.79 Å². The molecule has 0 saturated heterocycles. The van der Waals surface area contributed by atoms with Crippen LogP contribution in [0, 0.1) is 11.8 Å². The minimum atomic E-state index is -1.08. The first-order valence-corrected chi connectivity index (χ1v) is 9.63. The minimum absolute atomic E-state index is 0.00335. The first-order valence-electron chi connectivity index (χ1n) is 9.63. The third-order valence-electron chi connectivity index (χ3n) is 5.53. The van der Waals surface area contributed by atoms with E-state index in [0.29, 0.717) is 13.0 Å². The fourth-order valence-corrected chi connectivity index (χ4v) is 3.95. The number of carboxylic acid groups (broad SMARTS) is 1. The van der Waals surface area contributed by atoms with Gasteiger partial charge in [-0.15, -0.1) is 0 Å². The van der Waals surface area contributed by atoms with Crippen LogP contribution in [-0.2, 0) is 14.3 Å². The maximum absolute atomic E-state index is 12.1. The van der Waals surface area contributed by atoms with E-state index in [-0.39, 0.29) is 36.8 Å². The number of hydrogen-bond acceptors (Lipinski definition) is 4. The van der Waals surface area contributed by atoms with Crippen LogP contribution in [0.3, 0.4) is 0 Å². The summed E-state index contributed by atoms with van der Waals surface area (Å²) in [6, 6.07) is 16.3. The summed E-state index contributed by atoms with van der Waals surface area (Å²) in [5, 5.41) is 13.7. The van der Waals surface area contributed by atoms with Gasteiger partial charge in [0.15, 0.2) is 0 Å². The van der Waals surface area contributed by atoms with Gasteiger partial charge in [-0.1, -0.05) is 48.5 Å². The van der Waals surface area contributed by atoms with Gasteiger partial charge < -0.3 is 20.5 Å². The standard InChI is InChI=1S/C22H22N2O5/c25-20(26)11-23-21(27)18-9-13(18)10-24-22(28)29-12-19-16-7-3-1-5-14(16)15-6-2-4-8-17(15)19/h1-8,13,18-19H,9-12H2,(H,23,27)(H,24,28)(H,25,26)/t13-,18-/m0/s1. The van der Waals surface area contributed by atoms with Gasteiger partial charge in [0, 0.05) is 18.4 Å². The van der Waals surface area contributed by atoms with Crippen LogP contribution in [-0.4, -0.2) is 42.8 Å². The molecule has 2 atom stereocenters. The molecule has 2 amide bonds. The summed E-state index contributed by atoms with van der Waals surface area (Å²) in [6.07, 6.45) is 0.123. The molecule has 150 valence electrons. The molecule has 0 aliphatic heterocycles. The molecule has 1 fully saturated rings. The fraction of sp³-hybridized carbons (Fsp3) is 0.318. The molecule has 29 heavy (non-hydrogen) atoms. The van der Waals surface area contributed by atoms with Crippen LogP contribution < -0.4 is 10.6 Å². The molecule has 2 aliphatic carbocycles. The molecule has 0 unspecified atom stereocenters. The number of ether oxygens (including phenoxy) is 1. The Morgan fingerprint density at radius 3 is 2.21 bits per heavy atom. The third-order valence-corrected chi connectivity index (χ3v) is 5.53. The highest BCUT2D eigenvalue weighted by molar-refractivity contribution is 5.85. The van der Waals surface area contributed by atoms with Gasteiger partial charge in [-0.25, -0.2) is 4.79 Å². The summed E-state index contributed by atoms with van der Waals surface area (Å²) in [4.78, 5) is 34.4. The van der Waals surface area contributed by atoms with Gasteiger partial charge in [-0.2, -0.15) is 0 Å². The molecular weight excluding hydrogens is 372 g/mol. The van der Waals surface area contributed by atoms with E-state index in [1.807, 2.05) is 24.3 Å². The number of fused-ring (bicyclic) bond motifs is 3. The number of rotatable bonds is 7. The molecule has 2 aromatic rings. The number of benzene rings is 2. The predicted octanol–water partition coefficient (Wildman–Crippen LogP) is 2.36. The zero-order valence-corrected chi connectivity index (χ0v) is 15.8. The SMILES string of the molecule is O=C(O)CNC(=O)[C@H]1C[C@H]1CNC(=O)OCC1c2ccccc2-c2ccccc21. The summed E-state index contributed by atoms with van der Waals surface area (Å²) >= 11 is 0. The molecule has 3 N–H and O–H groups in total. The molecule has 0 bridgehead atoms. The van der Waals surface area contributed by atoms with E-state index >= 15 is 0 Å². The number of aliphatic carboxylic acids is 1. The number of amides is 2. The van der Waals surface area contributed by atoms with Crippen LogP contribution in [0.15, 0.2) is 48.5 Å². The largest absolute Gasteiger partial charge is 0.480 e. The monoisotopic (exact) mass is 394 g/mol. The number of carboxylic acids is 1. The second-order valence-corrected chi connectivity index (χ2v) is 7.42. The van der Waals surface area contributed by atoms with Gasteiger partial charge >= 0.3 is 12.1 Å². The lowest BCUT2D eigenvalue weighted by atomic mass is 9.98. The van der Waals surface area contributed by atoms with E-state index in [0.717, 1.165) is 11.1 Å². The van der Waals surface area contributed by atoms with E-state index in [1.165, 1.54) is 11.1 Å². The lowest BCUT2D eigenvalue weighted by Gasteiger charge is -2.14. The molecule has 0 spiro atoms. The van der Waals surface area contributed by atoms with Crippen LogP contribution in [0.25, 0.3) is 11.1 Å². The highest BCUT2D eigenvalue weighted by Gasteiger charge is 2.43. The molecule has 2 aliphatic rings. The average molecular weight is 394 g/mol. The molecule has 0 aromatic heterocycles. The van der Waals surface area contributed by atoms with Crippen molar-refractivity contribution in [2.75, 3.05) is 19.7 Å². The topological polar surface area (TPSA) is 105 Å². The molecule has 0 heterocycles. The van der Waals surface area contributed by atoms with Gasteiger partial charge in [0.2, 0.25) is 5.91 Å². The molecule has 7 heteroatoms. The third kappa shape index (κ3) is 4.08. The molecule has 2 aromatic carbocycles. The summed E-state index contributed by atoms with van der Waals surface area (Å²) in [5.74, 6) is -1.59. The number of carbonyl (C=O) groups is 3. The maximum Gasteiger partial charge on any atom is 0.407 e. The highest BCUT2D eigenvalue weighted by Crippen LogP contribution is 2.44. The van der Waals surface area contributed by atoms with Crippen LogP contribution in [0.5, 0.6) is 0 Å². The van der Waals surface area contributed by atoms with Crippen LogP contribution >= 0.6 is 0 Å². The Hall–Kier alpha value is -3.35. The van der Waals surface area contributed by atoms with Crippen molar-refractivity contribution in [2.24, 2.45) is 11.8 Å². The number of hydrogen-bond donors (Lipinski definition) is 3. The van der Waals surface area contributed by atoms with E-state index in [1.54, 1.807) is 0 Å². The van der Waals surface area contributed by atoms with Gasteiger partial charge in [0.25, 0.3) is 0 Å². The predicted molar refractivity (Wildman–Crippen MR) is 105 cm³/mol. The van der Waals surface area contributed by atoms with Crippen molar-refractivity contribution >= 4 is 18.0 Å². The molecular formula is C22H22N2O5. The maximum atomic E-state index is 12.1. The van der Waals surface area contributed by atoms with E-state index in [2.05, 4.69) is 34.9 Å². The van der Waals surface area contributed by atoms with Crippen molar-refractivity contribution in [3.05, 3.63) is 59.7 Å². The minimum Gasteiger partial charge on any atom is -0.480 e. The number of alkyl carbamates (subject to hydrolysis) is 1. The van der Waals surface area contributed by atoms with Crippen molar-refractivity contribution < 1.29 is 24.2 Å². The first-order chi connectivity index (χ1) is 14.0. The zero-order valence-electron chi connectivity index (χ0n) is 15.8. The Bertz CT molecular complexity index is 912. The molecule has 4 rings (SSSR count). The summed E-state index contributed by atoms with van der Waals surface area (Å²) in [5.41, 5.74) is 4.65. The van der Waals surface area contributed by atoms with Gasteiger partial charge in [-0.3, -0.25) is 9.59 Å². The highest BCUT2D eigenvalue weighted by atomic mass is 16.5. The molecule has 1 saturated carbocycles. The molecule has 7 nitrogen and oxygen atoms in total. The molecule has 0 radical (unpaired) electrons. The zero-order chi connectivity index (χ0) is 20.4. The van der Waals surface area contributed by atoms with Crippen LogP contribution in [0.2, 0.25) is 0 Å². The lowest BCUT2D eigenvalue weighted by Crippen LogP contribution is -2.32. The van der Waals surface area contributed by atoms with Crippen molar-refractivity contribution in [1.29, 1.82) is 0 Å². The second kappa shape index (κ2) is 7.95. The van der Waals surface area contributed by atoms with Crippen molar-refractivity contribution in [1.82, 2.24) is 10.6 Å². The smallest absolute Gasteiger partial charge is 0.407 e. The normalized spacial score (nSPS) is 19.0. The summed E-state index contributed by atoms with van der Waals surface area (Å²) < 4.78 is 5.46. The number of nitrogens with one attached hydrogen (secondary N) is 2.